The van der Waals surface area contributed by atoms with Crippen molar-refractivity contribution in [3.05, 3.63) is 48.5 Å². The molecule has 3 aromatic rings. The van der Waals surface area contributed by atoms with Gasteiger partial charge < -0.3 is 29.9 Å². The highest BCUT2D eigenvalue weighted by atomic mass is 31.2. The van der Waals surface area contributed by atoms with E-state index in [1.54, 1.807) is 32.0 Å². The number of imidazole rings is 1. The van der Waals surface area contributed by atoms with E-state index in [1.165, 1.54) is 25.3 Å². The third kappa shape index (κ3) is 5.60. The van der Waals surface area contributed by atoms with Crippen molar-refractivity contribution in [3.63, 3.8) is 0 Å². The van der Waals surface area contributed by atoms with Crippen molar-refractivity contribution in [2.24, 2.45) is 0 Å². The zero-order valence-electron chi connectivity index (χ0n) is 22.2. The molecule has 1 unspecified atom stereocenters. The molecule has 0 radical (unpaired) electrons. The highest BCUT2D eigenvalue weighted by Gasteiger charge is 2.65. The number of fused-ring (bicyclic) bond motifs is 1. The summed E-state index contributed by atoms with van der Waals surface area (Å²) in [4.78, 5) is 20.3. The number of carbonyl (C=O) groups excluding carboxylic acids is 1. The predicted molar refractivity (Wildman–Crippen MR) is 142 cm³/mol. The molecule has 15 nitrogen and oxygen atoms in total. The number of nitrogens with zero attached hydrogens (tertiary/aromatic N) is 5. The minimum Gasteiger partial charge on any atom is -0.462 e. The minimum absolute atomic E-state index is 0.0193. The number of hydrogen-bond acceptors (Lipinski definition) is 13. The van der Waals surface area contributed by atoms with Gasteiger partial charge in [0.2, 0.25) is 5.60 Å². The summed E-state index contributed by atoms with van der Waals surface area (Å²) in [5.74, 6) is 1.57. The van der Waals surface area contributed by atoms with Gasteiger partial charge in [-0.05, 0) is 32.9 Å². The van der Waals surface area contributed by atoms with E-state index in [0.29, 0.717) is 0 Å². The molecule has 16 heteroatoms. The summed E-state index contributed by atoms with van der Waals surface area (Å²) in [6, 6.07) is 8.60. The number of ether oxygens (including phenoxy) is 2. The Balaban J connectivity index is 1.67. The highest BCUT2D eigenvalue weighted by molar-refractivity contribution is 7.52. The molecule has 1 aliphatic heterocycles. The summed E-state index contributed by atoms with van der Waals surface area (Å²) in [6.45, 7) is 3.82. The van der Waals surface area contributed by atoms with E-state index in [4.69, 9.17) is 30.7 Å². The number of para-hydroxylation sites is 1. The average Bonchev–Trinajstić information content (AvgIpc) is 3.47. The van der Waals surface area contributed by atoms with Crippen LogP contribution in [0.15, 0.2) is 42.9 Å². The Kier molecular flexibility index (Phi) is 8.33. The number of aliphatic hydroxyl groups excluding tert-OH is 2. The van der Waals surface area contributed by atoms with Crippen LogP contribution in [0.1, 0.15) is 26.5 Å². The van der Waals surface area contributed by atoms with Crippen LogP contribution in [0.3, 0.4) is 0 Å². The van der Waals surface area contributed by atoms with Crippen LogP contribution in [-0.4, -0.2) is 72.3 Å². The van der Waals surface area contributed by atoms with Crippen molar-refractivity contribution in [2.45, 2.75) is 56.3 Å². The van der Waals surface area contributed by atoms with Gasteiger partial charge in [-0.2, -0.15) is 15.4 Å². The lowest BCUT2D eigenvalue weighted by Gasteiger charge is -2.30. The largest absolute Gasteiger partial charge is 0.462 e. The fourth-order valence-corrected chi connectivity index (χ4v) is 5.63. The summed E-state index contributed by atoms with van der Waals surface area (Å²) in [5.41, 5.74) is 1.22. The molecule has 5 N–H and O–H groups in total. The second-order valence-electron chi connectivity index (χ2n) is 9.41. The smallest absolute Gasteiger partial charge is 0.459 e. The molecular formula is C25H28N7O8P. The van der Waals surface area contributed by atoms with Crippen LogP contribution in [-0.2, 0) is 29.0 Å². The molecule has 1 aliphatic rings. The zero-order valence-corrected chi connectivity index (χ0v) is 23.1. The van der Waals surface area contributed by atoms with Gasteiger partial charge >= 0.3 is 13.7 Å². The number of aromatic nitrogens is 4. The van der Waals surface area contributed by atoms with Gasteiger partial charge in [0.1, 0.15) is 48.7 Å². The first-order valence-corrected chi connectivity index (χ1v) is 13.8. The van der Waals surface area contributed by atoms with E-state index >= 15 is 0 Å². The van der Waals surface area contributed by atoms with Crippen LogP contribution in [0, 0.1) is 23.7 Å². The number of rotatable bonds is 10. The molecule has 0 amide bonds. The number of hydrogen-bond donors (Lipinski definition) is 4. The molecule has 1 saturated heterocycles. The molecule has 0 spiro atoms. The number of nitrogen functional groups attached to an aromatic ring is 1. The molecule has 0 saturated carbocycles. The van der Waals surface area contributed by atoms with E-state index < -0.39 is 55.9 Å². The van der Waals surface area contributed by atoms with Crippen LogP contribution >= 0.6 is 7.75 Å². The van der Waals surface area contributed by atoms with E-state index in [2.05, 4.69) is 26.1 Å². The number of benzene rings is 1. The van der Waals surface area contributed by atoms with E-state index in [-0.39, 0.29) is 22.9 Å². The maximum Gasteiger partial charge on any atom is 0.459 e. The van der Waals surface area contributed by atoms with Gasteiger partial charge in [-0.15, -0.1) is 6.42 Å². The van der Waals surface area contributed by atoms with Gasteiger partial charge in [0, 0.05) is 0 Å². The third-order valence-electron chi connectivity index (χ3n) is 6.13. The SMILES string of the molecule is C#C[C@]1(CO[P@@](=O)(N[C@@H](C)C(=O)OC(C)C)Oc2ccccc2)O[C@@](C#N)(c2cnc3c(N)ncnn23)[C@@H](O)C1O. The molecule has 4 rings (SSSR count). The second-order valence-corrected chi connectivity index (χ2v) is 11.1. The van der Waals surface area contributed by atoms with Gasteiger partial charge in [-0.1, -0.05) is 24.1 Å². The van der Waals surface area contributed by atoms with E-state index in [9.17, 15) is 24.8 Å². The van der Waals surface area contributed by atoms with Crippen molar-refractivity contribution >= 4 is 25.2 Å². The Morgan fingerprint density at radius 2 is 2.00 bits per heavy atom. The number of carbonyl (C=O) groups is 1. The Labute approximate surface area is 234 Å². The Bertz CT molecular complexity index is 1550. The van der Waals surface area contributed by atoms with Crippen LogP contribution in [0.25, 0.3) is 5.65 Å². The van der Waals surface area contributed by atoms with Gasteiger partial charge in [-0.3, -0.25) is 9.32 Å². The van der Waals surface area contributed by atoms with Crippen molar-refractivity contribution in [3.8, 4) is 24.2 Å². The maximum absolute atomic E-state index is 13.9. The molecule has 1 fully saturated rings. The monoisotopic (exact) mass is 585 g/mol. The standard InChI is InChI=1S/C25H28N7O8P/c1-5-24(13-37-41(36,39-17-9-7-6-8-10-17)31-16(4)23(35)38-15(2)3)19(33)20(34)25(12-26,40-24)18-11-28-22-21(27)29-14-30-32(18)22/h1,6-11,14-16,19-20,33-34H,13H2,2-4H3,(H,31,36)(H2,27,29,30)/t16-,19?,20-,24+,25-,41-/m0/s1. The third-order valence-corrected chi connectivity index (χ3v) is 7.76. The summed E-state index contributed by atoms with van der Waals surface area (Å²) in [6.07, 6.45) is 3.67. The normalized spacial score (nSPS) is 26.1. The van der Waals surface area contributed by atoms with Gasteiger partial charge in [0.15, 0.2) is 17.1 Å². The van der Waals surface area contributed by atoms with Crippen LogP contribution < -0.4 is 15.3 Å². The lowest BCUT2D eigenvalue weighted by atomic mass is 9.89. The number of aliphatic hydroxyl groups is 2. The predicted octanol–water partition coefficient (Wildman–Crippen LogP) is 0.683. The average molecular weight is 586 g/mol. The quantitative estimate of drug-likeness (QED) is 0.146. The minimum atomic E-state index is -4.46. The van der Waals surface area contributed by atoms with E-state index in [1.807, 2.05) is 6.07 Å². The molecule has 1 aromatic carbocycles. The summed E-state index contributed by atoms with van der Waals surface area (Å²) in [7, 11) is -4.46. The van der Waals surface area contributed by atoms with Gasteiger partial charge in [0.05, 0.1) is 12.3 Å². The zero-order chi connectivity index (χ0) is 30.0. The Morgan fingerprint density at radius 1 is 1.29 bits per heavy atom. The number of nitrogens with one attached hydrogen (secondary N) is 1. The molecule has 0 aliphatic carbocycles. The van der Waals surface area contributed by atoms with Crippen molar-refractivity contribution in [2.75, 3.05) is 12.3 Å². The number of terminal acetylenes is 1. The number of esters is 1. The Morgan fingerprint density at radius 3 is 2.63 bits per heavy atom. The maximum atomic E-state index is 13.9. The summed E-state index contributed by atoms with van der Waals surface area (Å²) >= 11 is 0. The highest BCUT2D eigenvalue weighted by Crippen LogP contribution is 2.50. The van der Waals surface area contributed by atoms with Crippen LogP contribution in [0.4, 0.5) is 5.82 Å². The van der Waals surface area contributed by atoms with Gasteiger partial charge in [-0.25, -0.2) is 19.0 Å². The second kappa shape index (κ2) is 11.4. The van der Waals surface area contributed by atoms with Crippen molar-refractivity contribution < 1.29 is 38.1 Å². The molecule has 3 heterocycles. The summed E-state index contributed by atoms with van der Waals surface area (Å²) in [5, 5.41) is 38.9. The molecule has 0 bridgehead atoms. The fourth-order valence-electron chi connectivity index (χ4n) is 4.11. The van der Waals surface area contributed by atoms with Gasteiger partial charge in [0.25, 0.3) is 0 Å². The number of anilines is 1. The molecule has 41 heavy (non-hydrogen) atoms. The first kappa shape index (κ1) is 29.9. The lowest BCUT2D eigenvalue weighted by molar-refractivity contribution is -0.149. The molecule has 216 valence electrons. The topological polar surface area (TPSA) is 216 Å². The first-order valence-electron chi connectivity index (χ1n) is 12.3. The van der Waals surface area contributed by atoms with E-state index in [0.717, 1.165) is 10.8 Å². The van der Waals surface area contributed by atoms with Crippen molar-refractivity contribution in [1.29, 1.82) is 5.26 Å². The number of nitrogens with two attached hydrogens (primary N) is 1. The lowest BCUT2D eigenvalue weighted by Crippen LogP contribution is -2.46. The van der Waals surface area contributed by atoms with Crippen LogP contribution in [0.5, 0.6) is 5.75 Å². The number of nitriles is 1. The fraction of sp³-hybridized carbons (Fsp3) is 0.400. The first-order chi connectivity index (χ1) is 19.4. The molecule has 2 aromatic heterocycles. The van der Waals surface area contributed by atoms with Crippen LogP contribution in [0.2, 0.25) is 0 Å². The molecule has 6 atom stereocenters. The van der Waals surface area contributed by atoms with Crippen molar-refractivity contribution in [1.82, 2.24) is 24.7 Å². The molecular weight excluding hydrogens is 557 g/mol. The Hall–Kier alpha value is -4.08. The summed E-state index contributed by atoms with van der Waals surface area (Å²) < 4.78 is 37.3.